The summed E-state index contributed by atoms with van der Waals surface area (Å²) in [4.78, 5) is 58.3. The predicted molar refractivity (Wildman–Crippen MR) is 372 cm³/mol. The van der Waals surface area contributed by atoms with Crippen molar-refractivity contribution in [3.05, 3.63) is 72.9 Å². The standard InChI is InChI=1S/C73H132O16P2/c1-4-7-10-13-16-19-22-24-25-26-27-28-29-30-31-32-33-34-35-36-37-38-39-40-41-43-46-47-50-53-56-59-71(76)83-62-68(74)63-85-90(79,80)86-64-69(75)65-87-91(81,82)88-67-70(89-73(78)61-58-55-52-49-44-21-18-15-12-9-6-3)66-84-72(77)60-57-54-51-48-45-42-23-20-17-14-11-8-5-2/h7,10,16,19-20,23-25,27-28,30-31,68-70,74-75H,4-6,8-9,11-15,17-18,21-22,26,29,32-67H2,1-3H3,(H,79,80)(H,81,82)/b10-7-,19-16-,23-20-,25-24-,28-27-,31-30-. The number of aliphatic hydroxyl groups excluding tert-OH is 2. The number of ether oxygens (including phenoxy) is 3. The highest BCUT2D eigenvalue weighted by molar-refractivity contribution is 7.47. The van der Waals surface area contributed by atoms with Gasteiger partial charge in [-0.1, -0.05) is 280 Å². The predicted octanol–water partition coefficient (Wildman–Crippen LogP) is 20.3. The van der Waals surface area contributed by atoms with Crippen LogP contribution in [-0.4, -0.2) is 95.9 Å². The van der Waals surface area contributed by atoms with Crippen molar-refractivity contribution >= 4 is 33.6 Å². The van der Waals surface area contributed by atoms with E-state index in [1.54, 1.807) is 0 Å². The largest absolute Gasteiger partial charge is 0.472 e. The summed E-state index contributed by atoms with van der Waals surface area (Å²) in [5, 5.41) is 20.5. The molecule has 18 heteroatoms. The lowest BCUT2D eigenvalue weighted by Crippen LogP contribution is -2.30. The fraction of sp³-hybridized carbons (Fsp3) is 0.795. The number of phosphoric ester groups is 2. The Bertz CT molecular complexity index is 1950. The number of rotatable bonds is 69. The van der Waals surface area contributed by atoms with E-state index in [1.165, 1.54) is 141 Å². The molecule has 0 saturated carbocycles. The van der Waals surface area contributed by atoms with Crippen LogP contribution in [0.4, 0.5) is 0 Å². The van der Waals surface area contributed by atoms with E-state index in [0.29, 0.717) is 19.3 Å². The maximum Gasteiger partial charge on any atom is 0.472 e. The van der Waals surface area contributed by atoms with Gasteiger partial charge in [-0.2, -0.15) is 0 Å². The Morgan fingerprint density at radius 2 is 0.582 bits per heavy atom. The normalized spacial score (nSPS) is 14.6. The van der Waals surface area contributed by atoms with E-state index >= 15 is 0 Å². The Balaban J connectivity index is 4.32. The van der Waals surface area contributed by atoms with Crippen LogP contribution < -0.4 is 0 Å². The number of hydrogen-bond donors (Lipinski definition) is 4. The minimum absolute atomic E-state index is 0.109. The monoisotopic (exact) mass is 1330 g/mol. The van der Waals surface area contributed by atoms with Crippen molar-refractivity contribution in [2.45, 2.75) is 334 Å². The van der Waals surface area contributed by atoms with Gasteiger partial charge in [0.05, 0.1) is 26.4 Å². The van der Waals surface area contributed by atoms with Gasteiger partial charge in [0, 0.05) is 19.3 Å². The summed E-state index contributed by atoms with van der Waals surface area (Å²) >= 11 is 0. The molecular weight excluding hydrogens is 1190 g/mol. The van der Waals surface area contributed by atoms with Crippen LogP contribution in [0.25, 0.3) is 0 Å². The summed E-state index contributed by atoms with van der Waals surface area (Å²) in [6.45, 7) is 2.55. The highest BCUT2D eigenvalue weighted by Crippen LogP contribution is 2.45. The lowest BCUT2D eigenvalue weighted by Gasteiger charge is -2.21. The van der Waals surface area contributed by atoms with Gasteiger partial charge in [0.2, 0.25) is 0 Å². The SMILES string of the molecule is CC/C=C\C/C=C\C/C=C\C/C=C\C/C=C\CCCCCCCCCCCCCCCCCC(=O)OCC(O)COP(=O)(O)OCC(O)COP(=O)(O)OCC(COC(=O)CCCCCCC/C=C\CCCCCC)OC(=O)CCCCCCCCCCCCC. The molecule has 0 aliphatic heterocycles. The quantitative estimate of drug-likeness (QED) is 0.0146. The number of phosphoric acid groups is 2. The van der Waals surface area contributed by atoms with Crippen molar-refractivity contribution in [1.29, 1.82) is 0 Å². The molecule has 0 radical (unpaired) electrons. The molecule has 0 aliphatic rings. The molecule has 5 atom stereocenters. The molecule has 4 N–H and O–H groups in total. The van der Waals surface area contributed by atoms with Crippen LogP contribution in [0, 0.1) is 0 Å². The highest BCUT2D eigenvalue weighted by Gasteiger charge is 2.29. The third kappa shape index (κ3) is 68.2. The van der Waals surface area contributed by atoms with Crippen LogP contribution in [0.15, 0.2) is 72.9 Å². The zero-order chi connectivity index (χ0) is 66.7. The average Bonchev–Trinajstić information content (AvgIpc) is 3.61. The Kier molecular flexibility index (Phi) is 64.8. The van der Waals surface area contributed by atoms with Crippen LogP contribution in [0.1, 0.15) is 316 Å². The van der Waals surface area contributed by atoms with Gasteiger partial charge in [0.1, 0.15) is 25.4 Å². The second-order valence-electron chi connectivity index (χ2n) is 24.4. The maximum atomic E-state index is 12.8. The zero-order valence-electron chi connectivity index (χ0n) is 57.5. The first-order valence-electron chi connectivity index (χ1n) is 36.2. The molecule has 0 aromatic carbocycles. The maximum absolute atomic E-state index is 12.8. The summed E-state index contributed by atoms with van der Waals surface area (Å²) in [5.41, 5.74) is 0. The van der Waals surface area contributed by atoms with Gasteiger partial charge in [0.25, 0.3) is 0 Å². The van der Waals surface area contributed by atoms with Crippen LogP contribution in [0.2, 0.25) is 0 Å². The number of allylic oxidation sites excluding steroid dienone is 12. The third-order valence-electron chi connectivity index (χ3n) is 15.4. The van der Waals surface area contributed by atoms with E-state index < -0.39 is 91.5 Å². The minimum Gasteiger partial charge on any atom is -0.463 e. The summed E-state index contributed by atoms with van der Waals surface area (Å²) in [5.74, 6) is -1.57. The minimum atomic E-state index is -4.91. The topological polar surface area (TPSA) is 231 Å². The lowest BCUT2D eigenvalue weighted by molar-refractivity contribution is -0.161. The van der Waals surface area contributed by atoms with E-state index in [2.05, 4.69) is 93.7 Å². The van der Waals surface area contributed by atoms with Gasteiger partial charge in [0.15, 0.2) is 6.10 Å². The van der Waals surface area contributed by atoms with Crippen molar-refractivity contribution in [3.63, 3.8) is 0 Å². The molecule has 0 aliphatic carbocycles. The van der Waals surface area contributed by atoms with E-state index in [1.807, 2.05) is 0 Å². The first kappa shape index (κ1) is 88.0. The molecule has 16 nitrogen and oxygen atoms in total. The first-order valence-corrected chi connectivity index (χ1v) is 39.2. The third-order valence-corrected chi connectivity index (χ3v) is 17.3. The summed E-state index contributed by atoms with van der Waals surface area (Å²) in [6, 6.07) is 0. The number of unbranched alkanes of at least 4 members (excludes halogenated alkanes) is 34. The highest BCUT2D eigenvalue weighted by atomic mass is 31.2. The molecule has 0 saturated heterocycles. The van der Waals surface area contributed by atoms with E-state index in [9.17, 15) is 43.5 Å². The molecule has 0 amide bonds. The van der Waals surface area contributed by atoms with Crippen molar-refractivity contribution in [2.24, 2.45) is 0 Å². The summed E-state index contributed by atoms with van der Waals surface area (Å²) in [6.07, 6.45) is 71.3. The van der Waals surface area contributed by atoms with Gasteiger partial charge in [-0.3, -0.25) is 32.5 Å². The number of aliphatic hydroxyl groups is 2. The van der Waals surface area contributed by atoms with Crippen molar-refractivity contribution in [2.75, 3.05) is 39.6 Å². The smallest absolute Gasteiger partial charge is 0.463 e. The van der Waals surface area contributed by atoms with Gasteiger partial charge in [-0.15, -0.1) is 0 Å². The molecule has 530 valence electrons. The van der Waals surface area contributed by atoms with Gasteiger partial charge in [-0.25, -0.2) is 9.13 Å². The molecule has 0 aromatic rings. The van der Waals surface area contributed by atoms with Crippen LogP contribution in [-0.2, 0) is 55.8 Å². The van der Waals surface area contributed by atoms with Gasteiger partial charge in [-0.05, 0) is 89.9 Å². The number of esters is 3. The molecular formula is C73H132O16P2. The average molecular weight is 1330 g/mol. The molecule has 0 aromatic heterocycles. The van der Waals surface area contributed by atoms with Gasteiger partial charge >= 0.3 is 33.6 Å². The molecule has 91 heavy (non-hydrogen) atoms. The Hall–Kier alpha value is -3.01. The van der Waals surface area contributed by atoms with Crippen LogP contribution in [0.3, 0.4) is 0 Å². The Morgan fingerprint density at radius 1 is 0.319 bits per heavy atom. The Morgan fingerprint density at radius 3 is 0.945 bits per heavy atom. The zero-order valence-corrected chi connectivity index (χ0v) is 59.3. The molecule has 0 rings (SSSR count). The van der Waals surface area contributed by atoms with Crippen molar-refractivity contribution < 1.29 is 75.8 Å². The van der Waals surface area contributed by atoms with E-state index in [0.717, 1.165) is 116 Å². The molecule has 0 spiro atoms. The van der Waals surface area contributed by atoms with Crippen LogP contribution in [0.5, 0.6) is 0 Å². The summed E-state index contributed by atoms with van der Waals surface area (Å²) in [7, 11) is -9.76. The number of carbonyl (C=O) groups excluding carboxylic acids is 3. The number of carbonyl (C=O) groups is 3. The molecule has 0 fully saturated rings. The van der Waals surface area contributed by atoms with E-state index in [4.69, 9.17) is 32.3 Å². The van der Waals surface area contributed by atoms with Gasteiger partial charge < -0.3 is 34.2 Å². The van der Waals surface area contributed by atoms with Crippen molar-refractivity contribution in [1.82, 2.24) is 0 Å². The first-order chi connectivity index (χ1) is 44.2. The van der Waals surface area contributed by atoms with E-state index in [-0.39, 0.29) is 19.3 Å². The fourth-order valence-electron chi connectivity index (χ4n) is 9.89. The lowest BCUT2D eigenvalue weighted by atomic mass is 10.0. The molecule has 5 unspecified atom stereocenters. The summed E-state index contributed by atoms with van der Waals surface area (Å²) < 4.78 is 60.8. The van der Waals surface area contributed by atoms with Crippen LogP contribution >= 0.6 is 15.6 Å². The Labute approximate surface area is 553 Å². The molecule has 0 bridgehead atoms. The second kappa shape index (κ2) is 67.0. The molecule has 0 heterocycles. The second-order valence-corrected chi connectivity index (χ2v) is 27.3. The van der Waals surface area contributed by atoms with Crippen molar-refractivity contribution in [3.8, 4) is 0 Å². The number of hydrogen-bond acceptors (Lipinski definition) is 14. The fourth-order valence-corrected chi connectivity index (χ4v) is 11.5.